The van der Waals surface area contributed by atoms with Gasteiger partial charge < -0.3 is 10.4 Å². The van der Waals surface area contributed by atoms with Gasteiger partial charge >= 0.3 is 12.0 Å². The molecule has 114 valence electrons. The lowest BCUT2D eigenvalue weighted by Gasteiger charge is -2.25. The molecule has 0 aromatic heterocycles. The van der Waals surface area contributed by atoms with Crippen molar-refractivity contribution in [2.24, 2.45) is 0 Å². The summed E-state index contributed by atoms with van der Waals surface area (Å²) in [5, 5.41) is 11.8. The van der Waals surface area contributed by atoms with Gasteiger partial charge in [0.05, 0.1) is 5.37 Å². The third kappa shape index (κ3) is 3.69. The minimum Gasteiger partial charge on any atom is -0.480 e. The summed E-state index contributed by atoms with van der Waals surface area (Å²) in [4.78, 5) is 24.8. The normalized spacial score (nSPS) is 21.3. The van der Waals surface area contributed by atoms with Crippen molar-refractivity contribution in [3.8, 4) is 0 Å². The number of carboxylic acid groups (broad SMARTS) is 1. The highest BCUT2D eigenvalue weighted by atomic mass is 32.2. The second kappa shape index (κ2) is 6.85. The second-order valence-corrected chi connectivity index (χ2v) is 6.37. The molecule has 2 N–H and O–H groups in total. The van der Waals surface area contributed by atoms with Crippen molar-refractivity contribution in [1.29, 1.82) is 0 Å². The number of aryl methyl sites for hydroxylation is 1. The highest BCUT2D eigenvalue weighted by Gasteiger charge is 2.39. The molecule has 1 aliphatic rings. The summed E-state index contributed by atoms with van der Waals surface area (Å²) >= 11 is 1.48. The summed E-state index contributed by atoms with van der Waals surface area (Å²) in [6, 6.07) is 6.98. The van der Waals surface area contributed by atoms with Crippen molar-refractivity contribution >= 4 is 23.8 Å². The highest BCUT2D eigenvalue weighted by molar-refractivity contribution is 8.00. The Morgan fingerprint density at radius 2 is 1.95 bits per heavy atom. The first-order valence-corrected chi connectivity index (χ1v) is 8.06. The maximum atomic E-state index is 12.2. The molecule has 0 spiro atoms. The molecule has 0 aliphatic carbocycles. The number of hydrogen-bond donors (Lipinski definition) is 2. The molecule has 1 heterocycles. The number of nitrogens with zero attached hydrogens (tertiary/aromatic N) is 1. The Bertz CT molecular complexity index is 518. The van der Waals surface area contributed by atoms with E-state index in [0.717, 1.165) is 12.0 Å². The van der Waals surface area contributed by atoms with Crippen LogP contribution in [0.5, 0.6) is 0 Å². The molecule has 21 heavy (non-hydrogen) atoms. The lowest BCUT2D eigenvalue weighted by Crippen LogP contribution is -2.49. The third-order valence-electron chi connectivity index (χ3n) is 3.62. The predicted octanol–water partition coefficient (Wildman–Crippen LogP) is 2.31. The zero-order valence-corrected chi connectivity index (χ0v) is 13.0. The van der Waals surface area contributed by atoms with Gasteiger partial charge in [0.25, 0.3) is 0 Å². The lowest BCUT2D eigenvalue weighted by atomic mass is 10.1. The van der Waals surface area contributed by atoms with Crippen LogP contribution in [0.15, 0.2) is 24.3 Å². The molecule has 2 amide bonds. The summed E-state index contributed by atoms with van der Waals surface area (Å²) < 4.78 is 0. The van der Waals surface area contributed by atoms with Crippen molar-refractivity contribution in [1.82, 2.24) is 10.2 Å². The maximum Gasteiger partial charge on any atom is 0.327 e. The topological polar surface area (TPSA) is 69.6 Å². The van der Waals surface area contributed by atoms with Crippen LogP contribution >= 0.6 is 11.8 Å². The smallest absolute Gasteiger partial charge is 0.327 e. The number of aliphatic carboxylic acids is 1. The van der Waals surface area contributed by atoms with E-state index in [0.29, 0.717) is 12.3 Å². The number of benzene rings is 1. The number of thioether (sulfide) groups is 1. The molecular formula is C15H20N2O3S. The Labute approximate surface area is 128 Å². The van der Waals surface area contributed by atoms with Crippen LogP contribution in [0.25, 0.3) is 0 Å². The van der Waals surface area contributed by atoms with Crippen LogP contribution in [0.4, 0.5) is 4.79 Å². The van der Waals surface area contributed by atoms with Crippen molar-refractivity contribution in [3.63, 3.8) is 0 Å². The largest absolute Gasteiger partial charge is 0.480 e. The van der Waals surface area contributed by atoms with Gasteiger partial charge in [-0.25, -0.2) is 9.59 Å². The Morgan fingerprint density at radius 3 is 2.52 bits per heavy atom. The molecular weight excluding hydrogens is 288 g/mol. The first kappa shape index (κ1) is 15.7. The fourth-order valence-electron chi connectivity index (χ4n) is 2.30. The lowest BCUT2D eigenvalue weighted by molar-refractivity contribution is -0.141. The van der Waals surface area contributed by atoms with E-state index in [1.165, 1.54) is 22.2 Å². The Balaban J connectivity index is 1.95. The van der Waals surface area contributed by atoms with E-state index in [1.54, 1.807) is 0 Å². The molecule has 2 rings (SSSR count). The minimum absolute atomic E-state index is 0.117. The molecule has 0 saturated carbocycles. The molecule has 1 aliphatic heterocycles. The zero-order valence-electron chi connectivity index (χ0n) is 12.2. The van der Waals surface area contributed by atoms with E-state index in [4.69, 9.17) is 5.11 Å². The average molecular weight is 308 g/mol. The van der Waals surface area contributed by atoms with Crippen LogP contribution in [0.1, 0.15) is 25.0 Å². The van der Waals surface area contributed by atoms with E-state index in [2.05, 4.69) is 12.2 Å². The van der Waals surface area contributed by atoms with Crippen LogP contribution in [0.3, 0.4) is 0 Å². The number of carbonyl (C=O) groups excluding carboxylic acids is 1. The van der Waals surface area contributed by atoms with Gasteiger partial charge in [-0.3, -0.25) is 4.90 Å². The maximum absolute atomic E-state index is 12.2. The molecule has 1 fully saturated rings. The van der Waals surface area contributed by atoms with Crippen molar-refractivity contribution in [2.45, 2.75) is 38.2 Å². The van der Waals surface area contributed by atoms with Gasteiger partial charge in [-0.15, -0.1) is 11.8 Å². The molecule has 0 bridgehead atoms. The second-order valence-electron chi connectivity index (χ2n) is 5.02. The summed E-state index contributed by atoms with van der Waals surface area (Å²) in [5.74, 6) is -0.510. The van der Waals surface area contributed by atoms with E-state index in [1.807, 2.05) is 31.2 Å². The summed E-state index contributed by atoms with van der Waals surface area (Å²) in [6.45, 7) is 4.35. The molecule has 0 radical (unpaired) electrons. The Kier molecular flexibility index (Phi) is 5.12. The van der Waals surface area contributed by atoms with Crippen molar-refractivity contribution < 1.29 is 14.7 Å². The van der Waals surface area contributed by atoms with Crippen molar-refractivity contribution in [2.75, 3.05) is 5.75 Å². The quantitative estimate of drug-likeness (QED) is 0.895. The van der Waals surface area contributed by atoms with Gasteiger partial charge in [-0.05, 0) is 24.5 Å². The Hall–Kier alpha value is -1.69. The number of nitrogens with one attached hydrogen (secondary N) is 1. The summed E-state index contributed by atoms with van der Waals surface area (Å²) in [7, 11) is 0. The number of urea groups is 1. The third-order valence-corrected chi connectivity index (χ3v) is 4.84. The molecule has 2 unspecified atom stereocenters. The molecule has 2 atom stereocenters. The van der Waals surface area contributed by atoms with Crippen molar-refractivity contribution in [3.05, 3.63) is 35.4 Å². The number of carbonyl (C=O) groups is 2. The highest BCUT2D eigenvalue weighted by Crippen LogP contribution is 2.28. The zero-order chi connectivity index (χ0) is 15.4. The van der Waals surface area contributed by atoms with Crippen LogP contribution in [-0.4, -0.2) is 39.2 Å². The molecule has 1 aromatic carbocycles. The van der Waals surface area contributed by atoms with Gasteiger partial charge in [-0.2, -0.15) is 0 Å². The van der Waals surface area contributed by atoms with Gasteiger partial charge in [0, 0.05) is 12.3 Å². The van der Waals surface area contributed by atoms with Crippen LogP contribution in [0.2, 0.25) is 0 Å². The van der Waals surface area contributed by atoms with Gasteiger partial charge in [0.1, 0.15) is 6.04 Å². The first-order valence-electron chi connectivity index (χ1n) is 7.01. The minimum atomic E-state index is -0.950. The van der Waals surface area contributed by atoms with Gasteiger partial charge in [-0.1, -0.05) is 31.2 Å². The average Bonchev–Trinajstić information content (AvgIpc) is 2.87. The fourth-order valence-corrected chi connectivity index (χ4v) is 3.47. The van der Waals surface area contributed by atoms with Crippen LogP contribution in [0, 0.1) is 0 Å². The SMILES string of the molecule is CCc1ccc(CNC(=O)N2C(C)SCC2C(=O)O)cc1. The van der Waals surface area contributed by atoms with Gasteiger partial charge in [0.15, 0.2) is 0 Å². The number of carboxylic acids is 1. The van der Waals surface area contributed by atoms with E-state index < -0.39 is 12.0 Å². The molecule has 1 saturated heterocycles. The first-order chi connectivity index (χ1) is 10.0. The fraction of sp³-hybridized carbons (Fsp3) is 0.467. The van der Waals surface area contributed by atoms with Crippen LogP contribution in [-0.2, 0) is 17.8 Å². The number of hydrogen-bond acceptors (Lipinski definition) is 3. The van der Waals surface area contributed by atoms with E-state index in [-0.39, 0.29) is 11.4 Å². The standard InChI is InChI=1S/C15H20N2O3S/c1-3-11-4-6-12(7-5-11)8-16-15(20)17-10(2)21-9-13(17)14(18)19/h4-7,10,13H,3,8-9H2,1-2H3,(H,16,20)(H,18,19). The Morgan fingerprint density at radius 1 is 1.33 bits per heavy atom. The van der Waals surface area contributed by atoms with E-state index in [9.17, 15) is 9.59 Å². The van der Waals surface area contributed by atoms with Crippen LogP contribution < -0.4 is 5.32 Å². The summed E-state index contributed by atoms with van der Waals surface area (Å²) in [5.41, 5.74) is 2.26. The molecule has 5 nitrogen and oxygen atoms in total. The predicted molar refractivity (Wildman–Crippen MR) is 83.2 cm³/mol. The van der Waals surface area contributed by atoms with E-state index >= 15 is 0 Å². The number of amides is 2. The molecule has 6 heteroatoms. The molecule has 1 aromatic rings. The van der Waals surface area contributed by atoms with Gasteiger partial charge in [0.2, 0.25) is 0 Å². The number of rotatable bonds is 4. The summed E-state index contributed by atoms with van der Waals surface area (Å²) in [6.07, 6.45) is 0.982. The monoisotopic (exact) mass is 308 g/mol.